The van der Waals surface area contributed by atoms with E-state index >= 15 is 0 Å². The number of amides is 1. The number of carboxylic acid groups (broad SMARTS) is 1. The molecule has 0 radical (unpaired) electrons. The second kappa shape index (κ2) is 5.46. The van der Waals surface area contributed by atoms with Crippen molar-refractivity contribution in [1.82, 2.24) is 10.6 Å². The molecule has 1 rings (SSSR count). The molecule has 1 heterocycles. The molecule has 1 saturated heterocycles. The molecular weight excluding hydrogens is 248 g/mol. The molecular formula is C9H16N2O5S. The van der Waals surface area contributed by atoms with Gasteiger partial charge in [0.25, 0.3) is 0 Å². The van der Waals surface area contributed by atoms with Crippen LogP contribution in [-0.4, -0.2) is 55.5 Å². The summed E-state index contributed by atoms with van der Waals surface area (Å²) >= 11 is 0. The zero-order valence-electron chi connectivity index (χ0n) is 9.47. The highest BCUT2D eigenvalue weighted by Crippen LogP contribution is 2.10. The van der Waals surface area contributed by atoms with Crippen LogP contribution in [-0.2, 0) is 19.4 Å². The minimum Gasteiger partial charge on any atom is -0.480 e. The summed E-state index contributed by atoms with van der Waals surface area (Å²) in [5.74, 6) is -1.42. The molecule has 1 fully saturated rings. The third-order valence-corrected chi connectivity index (χ3v) is 4.29. The van der Waals surface area contributed by atoms with Crippen LogP contribution in [0.3, 0.4) is 0 Å². The van der Waals surface area contributed by atoms with Gasteiger partial charge in [0.15, 0.2) is 9.84 Å². The number of hydrogen-bond donors (Lipinski definition) is 3. The summed E-state index contributed by atoms with van der Waals surface area (Å²) < 4.78 is 22.3. The first kappa shape index (κ1) is 13.9. The predicted octanol–water partition coefficient (Wildman–Crippen LogP) is -1.65. The Hall–Kier alpha value is -1.15. The van der Waals surface area contributed by atoms with Crippen molar-refractivity contribution in [2.45, 2.75) is 25.4 Å². The number of sulfone groups is 1. The summed E-state index contributed by atoms with van der Waals surface area (Å²) in [5.41, 5.74) is 0. The van der Waals surface area contributed by atoms with Crippen LogP contribution in [0.5, 0.6) is 0 Å². The van der Waals surface area contributed by atoms with Crippen LogP contribution in [0.25, 0.3) is 0 Å². The maximum atomic E-state index is 11.2. The fourth-order valence-electron chi connectivity index (χ4n) is 1.69. The molecule has 0 aromatic rings. The molecule has 98 valence electrons. The summed E-state index contributed by atoms with van der Waals surface area (Å²) in [6.07, 6.45) is 0.481. The van der Waals surface area contributed by atoms with Crippen LogP contribution >= 0.6 is 0 Å². The zero-order valence-corrected chi connectivity index (χ0v) is 10.3. The highest BCUT2D eigenvalue weighted by Gasteiger charge is 2.29. The molecule has 0 aliphatic carbocycles. The molecule has 2 unspecified atom stereocenters. The molecule has 1 aliphatic heterocycles. The number of aliphatic carboxylic acids is 1. The van der Waals surface area contributed by atoms with E-state index in [-0.39, 0.29) is 24.1 Å². The van der Waals surface area contributed by atoms with Gasteiger partial charge in [-0.1, -0.05) is 0 Å². The van der Waals surface area contributed by atoms with Crippen LogP contribution < -0.4 is 10.6 Å². The Kier molecular flexibility index (Phi) is 4.47. The van der Waals surface area contributed by atoms with Crippen molar-refractivity contribution in [3.63, 3.8) is 0 Å². The van der Waals surface area contributed by atoms with Crippen LogP contribution in [0.2, 0.25) is 0 Å². The largest absolute Gasteiger partial charge is 0.480 e. The Balaban J connectivity index is 2.42. The van der Waals surface area contributed by atoms with Gasteiger partial charge in [0.05, 0.1) is 11.5 Å². The molecule has 0 saturated carbocycles. The fraction of sp³-hybridized carbons (Fsp3) is 0.778. The monoisotopic (exact) mass is 264 g/mol. The quantitative estimate of drug-likeness (QED) is 0.548. The fourth-order valence-corrected chi connectivity index (χ4v) is 3.39. The van der Waals surface area contributed by atoms with E-state index in [1.807, 2.05) is 0 Å². The Morgan fingerprint density at radius 2 is 2.12 bits per heavy atom. The third-order valence-electron chi connectivity index (χ3n) is 2.52. The Morgan fingerprint density at radius 3 is 2.53 bits per heavy atom. The van der Waals surface area contributed by atoms with Crippen LogP contribution in [0, 0.1) is 0 Å². The lowest BCUT2D eigenvalue weighted by molar-refractivity contribution is -0.141. The molecule has 3 N–H and O–H groups in total. The second-order valence-corrected chi connectivity index (χ2v) is 6.33. The maximum Gasteiger partial charge on any atom is 0.327 e. The third kappa shape index (κ3) is 4.70. The van der Waals surface area contributed by atoms with E-state index in [9.17, 15) is 18.0 Å². The first-order valence-corrected chi connectivity index (χ1v) is 7.06. The molecule has 0 spiro atoms. The van der Waals surface area contributed by atoms with Crippen LogP contribution in [0.4, 0.5) is 0 Å². The number of carbonyl (C=O) groups excluding carboxylic acids is 1. The molecule has 0 aromatic heterocycles. The predicted molar refractivity (Wildman–Crippen MR) is 60.3 cm³/mol. The summed E-state index contributed by atoms with van der Waals surface area (Å²) in [6.45, 7) is 1.26. The molecule has 17 heavy (non-hydrogen) atoms. The lowest BCUT2D eigenvalue weighted by Crippen LogP contribution is -2.48. The summed E-state index contributed by atoms with van der Waals surface area (Å²) in [7, 11) is -2.98. The van der Waals surface area contributed by atoms with Crippen molar-refractivity contribution in [3.05, 3.63) is 0 Å². The van der Waals surface area contributed by atoms with Gasteiger partial charge in [0, 0.05) is 19.5 Å². The number of carboxylic acids is 1. The summed E-state index contributed by atoms with van der Waals surface area (Å²) in [6, 6.07) is -1.26. The maximum absolute atomic E-state index is 11.2. The number of rotatable bonds is 5. The first-order chi connectivity index (χ1) is 7.80. The Labute approximate surface area is 99.5 Å². The highest BCUT2D eigenvalue weighted by atomic mass is 32.2. The molecule has 7 nitrogen and oxygen atoms in total. The summed E-state index contributed by atoms with van der Waals surface area (Å²) in [4.78, 5) is 21.6. The number of carbonyl (C=O) groups is 2. The lowest BCUT2D eigenvalue weighted by atomic mass is 10.2. The van der Waals surface area contributed by atoms with Crippen molar-refractivity contribution < 1.29 is 23.1 Å². The summed E-state index contributed by atoms with van der Waals surface area (Å²) in [5, 5.41) is 13.9. The van der Waals surface area contributed by atoms with Gasteiger partial charge in [-0.25, -0.2) is 13.2 Å². The smallest absolute Gasteiger partial charge is 0.327 e. The van der Waals surface area contributed by atoms with Crippen molar-refractivity contribution >= 4 is 21.7 Å². The van der Waals surface area contributed by atoms with E-state index in [0.29, 0.717) is 6.42 Å². The van der Waals surface area contributed by atoms with Gasteiger partial charge in [0.2, 0.25) is 5.91 Å². The topological polar surface area (TPSA) is 113 Å². The minimum atomic E-state index is -2.98. The van der Waals surface area contributed by atoms with Gasteiger partial charge in [-0.15, -0.1) is 0 Å². The SMILES string of the molecule is CC(=O)NC(CNC1CCS(=O)(=O)C1)C(=O)O. The molecule has 0 aromatic carbocycles. The average molecular weight is 264 g/mol. The first-order valence-electron chi connectivity index (χ1n) is 5.24. The number of hydrogen-bond acceptors (Lipinski definition) is 5. The molecule has 8 heteroatoms. The van der Waals surface area contributed by atoms with Crippen LogP contribution in [0.15, 0.2) is 0 Å². The lowest BCUT2D eigenvalue weighted by Gasteiger charge is -2.16. The van der Waals surface area contributed by atoms with Crippen molar-refractivity contribution in [2.75, 3.05) is 18.1 Å². The van der Waals surface area contributed by atoms with E-state index < -0.39 is 27.8 Å². The minimum absolute atomic E-state index is 0.0229. The van der Waals surface area contributed by atoms with E-state index in [0.717, 1.165) is 0 Å². The highest BCUT2D eigenvalue weighted by molar-refractivity contribution is 7.91. The standard InChI is InChI=1S/C9H16N2O5S/c1-6(12)11-8(9(13)14)4-10-7-2-3-17(15,16)5-7/h7-8,10H,2-5H2,1H3,(H,11,12)(H,13,14). The Bertz CT molecular complexity index is 406. The van der Waals surface area contributed by atoms with Gasteiger partial charge >= 0.3 is 5.97 Å². The van der Waals surface area contributed by atoms with E-state index in [2.05, 4.69) is 10.6 Å². The van der Waals surface area contributed by atoms with Crippen LogP contribution in [0.1, 0.15) is 13.3 Å². The molecule has 1 amide bonds. The van der Waals surface area contributed by atoms with Crippen molar-refractivity contribution in [3.8, 4) is 0 Å². The second-order valence-electron chi connectivity index (χ2n) is 4.10. The average Bonchev–Trinajstić information content (AvgIpc) is 2.52. The van der Waals surface area contributed by atoms with Crippen molar-refractivity contribution in [1.29, 1.82) is 0 Å². The Morgan fingerprint density at radius 1 is 1.47 bits per heavy atom. The van der Waals surface area contributed by atoms with Gasteiger partial charge in [-0.2, -0.15) is 0 Å². The van der Waals surface area contributed by atoms with Gasteiger partial charge in [-0.05, 0) is 6.42 Å². The molecule has 1 aliphatic rings. The molecule has 2 atom stereocenters. The van der Waals surface area contributed by atoms with E-state index in [4.69, 9.17) is 5.11 Å². The van der Waals surface area contributed by atoms with Gasteiger partial charge in [-0.3, -0.25) is 4.79 Å². The van der Waals surface area contributed by atoms with E-state index in [1.165, 1.54) is 6.92 Å². The number of nitrogens with one attached hydrogen (secondary N) is 2. The molecule has 0 bridgehead atoms. The van der Waals surface area contributed by atoms with Crippen molar-refractivity contribution in [2.24, 2.45) is 0 Å². The van der Waals surface area contributed by atoms with E-state index in [1.54, 1.807) is 0 Å². The normalized spacial score (nSPS) is 24.2. The zero-order chi connectivity index (χ0) is 13.1. The van der Waals surface area contributed by atoms with Gasteiger partial charge < -0.3 is 15.7 Å². The van der Waals surface area contributed by atoms with Gasteiger partial charge in [0.1, 0.15) is 6.04 Å².